The van der Waals surface area contributed by atoms with E-state index in [9.17, 15) is 4.79 Å². The van der Waals surface area contributed by atoms with Crippen LogP contribution in [0.15, 0.2) is 12.1 Å². The highest BCUT2D eigenvalue weighted by molar-refractivity contribution is 5.80. The molecule has 15 heavy (non-hydrogen) atoms. The molecule has 1 rings (SSSR count). The van der Waals surface area contributed by atoms with Gasteiger partial charge < -0.3 is 4.74 Å². The highest BCUT2D eigenvalue weighted by atomic mass is 16.5. The van der Waals surface area contributed by atoms with E-state index in [2.05, 4.69) is 0 Å². The molecule has 0 fully saturated rings. The molecule has 0 spiro atoms. The summed E-state index contributed by atoms with van der Waals surface area (Å²) in [7, 11) is 1.41. The first-order valence-electron chi connectivity index (χ1n) is 4.20. The Balaban J connectivity index is 3.47. The number of ether oxygens (including phenoxy) is 1. The molecule has 4 heteroatoms. The summed E-state index contributed by atoms with van der Waals surface area (Å²) in [6.07, 6.45) is 0.698. The second kappa shape index (κ2) is 4.78. The molecule has 0 heterocycles. The highest BCUT2D eigenvalue weighted by Gasteiger charge is 2.13. The van der Waals surface area contributed by atoms with E-state index in [4.69, 9.17) is 15.3 Å². The highest BCUT2D eigenvalue weighted by Crippen LogP contribution is 2.26. The SMILES string of the molecule is COc1c(C#N)ccc(C=O)c1CC#N. The van der Waals surface area contributed by atoms with Crippen molar-refractivity contribution in [1.82, 2.24) is 0 Å². The van der Waals surface area contributed by atoms with Crippen LogP contribution in [0.4, 0.5) is 0 Å². The Bertz CT molecular complexity index is 467. The molecule has 0 aliphatic rings. The van der Waals surface area contributed by atoms with Gasteiger partial charge in [0.25, 0.3) is 0 Å². The van der Waals surface area contributed by atoms with Gasteiger partial charge in [-0.1, -0.05) is 0 Å². The molecule has 0 N–H and O–H groups in total. The third-order valence-electron chi connectivity index (χ3n) is 2.00. The molecule has 1 aromatic rings. The molecule has 0 bridgehead atoms. The van der Waals surface area contributed by atoms with Gasteiger partial charge in [-0.2, -0.15) is 10.5 Å². The predicted octanol–water partition coefficient (Wildman–Crippen LogP) is 1.45. The Morgan fingerprint density at radius 2 is 2.20 bits per heavy atom. The number of carbonyl (C=O) groups is 1. The van der Waals surface area contributed by atoms with Crippen LogP contribution in [0.5, 0.6) is 5.75 Å². The van der Waals surface area contributed by atoms with Crippen molar-refractivity contribution in [2.75, 3.05) is 7.11 Å². The first-order chi connectivity index (χ1) is 7.28. The summed E-state index contributed by atoms with van der Waals surface area (Å²) >= 11 is 0. The van der Waals surface area contributed by atoms with Crippen molar-refractivity contribution in [2.45, 2.75) is 6.42 Å². The van der Waals surface area contributed by atoms with E-state index < -0.39 is 0 Å². The Labute approximate surface area is 87.3 Å². The molecule has 0 aromatic heterocycles. The number of hydrogen-bond acceptors (Lipinski definition) is 4. The number of aldehydes is 1. The molecule has 0 unspecified atom stereocenters. The maximum Gasteiger partial charge on any atom is 0.150 e. The summed E-state index contributed by atoms with van der Waals surface area (Å²) in [4.78, 5) is 10.7. The summed E-state index contributed by atoms with van der Waals surface area (Å²) in [6, 6.07) is 6.90. The fourth-order valence-corrected chi connectivity index (χ4v) is 1.34. The zero-order valence-electron chi connectivity index (χ0n) is 8.15. The quantitative estimate of drug-likeness (QED) is 0.692. The minimum absolute atomic E-state index is 0.0484. The van der Waals surface area contributed by atoms with E-state index in [1.165, 1.54) is 19.2 Å². The number of carbonyl (C=O) groups excluding carboxylic acids is 1. The van der Waals surface area contributed by atoms with Gasteiger partial charge in [-0.05, 0) is 12.1 Å². The molecule has 4 nitrogen and oxygen atoms in total. The summed E-state index contributed by atoms with van der Waals surface area (Å²) in [5.41, 5.74) is 1.18. The second-order valence-electron chi connectivity index (χ2n) is 2.78. The molecule has 0 radical (unpaired) electrons. The summed E-state index contributed by atoms with van der Waals surface area (Å²) in [6.45, 7) is 0. The van der Waals surface area contributed by atoms with E-state index in [1.54, 1.807) is 0 Å². The van der Waals surface area contributed by atoms with Crippen LogP contribution in [0.3, 0.4) is 0 Å². The van der Waals surface area contributed by atoms with Crippen LogP contribution in [-0.2, 0) is 6.42 Å². The van der Waals surface area contributed by atoms with Gasteiger partial charge in [-0.25, -0.2) is 0 Å². The van der Waals surface area contributed by atoms with Gasteiger partial charge in [0.1, 0.15) is 11.8 Å². The normalized spacial score (nSPS) is 8.73. The van der Waals surface area contributed by atoms with Crippen LogP contribution >= 0.6 is 0 Å². The Morgan fingerprint density at radius 1 is 1.47 bits per heavy atom. The summed E-state index contributed by atoms with van der Waals surface area (Å²) < 4.78 is 5.03. The van der Waals surface area contributed by atoms with Crippen molar-refractivity contribution < 1.29 is 9.53 Å². The lowest BCUT2D eigenvalue weighted by Crippen LogP contribution is -1.99. The van der Waals surface area contributed by atoms with Crippen LogP contribution in [-0.4, -0.2) is 13.4 Å². The van der Waals surface area contributed by atoms with Crippen molar-refractivity contribution >= 4 is 6.29 Å². The topological polar surface area (TPSA) is 73.9 Å². The van der Waals surface area contributed by atoms with Crippen molar-refractivity contribution in [1.29, 1.82) is 10.5 Å². The molecule has 0 saturated heterocycles. The van der Waals surface area contributed by atoms with Gasteiger partial charge >= 0.3 is 0 Å². The van der Waals surface area contributed by atoms with Crippen LogP contribution in [0.1, 0.15) is 21.5 Å². The van der Waals surface area contributed by atoms with Crippen LogP contribution in [0.25, 0.3) is 0 Å². The van der Waals surface area contributed by atoms with Gasteiger partial charge in [0, 0.05) is 11.1 Å². The number of nitrogens with zero attached hydrogens (tertiary/aromatic N) is 2. The van der Waals surface area contributed by atoms with Crippen molar-refractivity contribution in [3.05, 3.63) is 28.8 Å². The number of benzene rings is 1. The minimum Gasteiger partial charge on any atom is -0.495 e. The minimum atomic E-state index is 0.0484. The fraction of sp³-hybridized carbons (Fsp3) is 0.182. The standard InChI is InChI=1S/C11H8N2O2/c1-15-11-8(6-13)2-3-9(7-14)10(11)4-5-12/h2-3,7H,4H2,1H3. The van der Waals surface area contributed by atoms with Gasteiger partial charge in [0.05, 0.1) is 25.2 Å². The van der Waals surface area contributed by atoms with E-state index in [-0.39, 0.29) is 6.42 Å². The van der Waals surface area contributed by atoms with E-state index in [0.29, 0.717) is 28.7 Å². The van der Waals surface area contributed by atoms with Crippen LogP contribution < -0.4 is 4.74 Å². The lowest BCUT2D eigenvalue weighted by molar-refractivity contribution is 0.112. The second-order valence-corrected chi connectivity index (χ2v) is 2.78. The van der Waals surface area contributed by atoms with Crippen LogP contribution in [0.2, 0.25) is 0 Å². The van der Waals surface area contributed by atoms with Gasteiger partial charge in [0.2, 0.25) is 0 Å². The maximum atomic E-state index is 10.7. The zero-order valence-corrected chi connectivity index (χ0v) is 8.15. The molecule has 1 aromatic carbocycles. The molecular weight excluding hydrogens is 192 g/mol. The molecule has 0 aliphatic carbocycles. The van der Waals surface area contributed by atoms with Crippen LogP contribution in [0, 0.1) is 22.7 Å². The zero-order chi connectivity index (χ0) is 11.3. The van der Waals surface area contributed by atoms with E-state index >= 15 is 0 Å². The van der Waals surface area contributed by atoms with Gasteiger partial charge in [-0.3, -0.25) is 4.79 Å². The van der Waals surface area contributed by atoms with Crippen molar-refractivity contribution in [3.63, 3.8) is 0 Å². The average Bonchev–Trinajstić information content (AvgIpc) is 2.28. The number of methoxy groups -OCH3 is 1. The molecular formula is C11H8N2O2. The number of rotatable bonds is 3. The molecule has 0 atom stereocenters. The smallest absolute Gasteiger partial charge is 0.150 e. The Hall–Kier alpha value is -2.33. The Kier molecular flexibility index (Phi) is 3.43. The largest absolute Gasteiger partial charge is 0.495 e. The molecule has 0 saturated carbocycles. The number of hydrogen-bond donors (Lipinski definition) is 0. The summed E-state index contributed by atoms with van der Waals surface area (Å²) in [5, 5.41) is 17.4. The average molecular weight is 200 g/mol. The third-order valence-corrected chi connectivity index (χ3v) is 2.00. The molecule has 0 amide bonds. The first-order valence-corrected chi connectivity index (χ1v) is 4.20. The van der Waals surface area contributed by atoms with Crippen molar-refractivity contribution in [3.8, 4) is 17.9 Å². The predicted molar refractivity (Wildman–Crippen MR) is 52.4 cm³/mol. The monoisotopic (exact) mass is 200 g/mol. The molecule has 74 valence electrons. The first kappa shape index (κ1) is 10.7. The van der Waals surface area contributed by atoms with Gasteiger partial charge in [0.15, 0.2) is 6.29 Å². The van der Waals surface area contributed by atoms with E-state index in [1.807, 2.05) is 12.1 Å². The lowest BCUT2D eigenvalue weighted by atomic mass is 10.0. The lowest BCUT2D eigenvalue weighted by Gasteiger charge is -2.09. The third kappa shape index (κ3) is 1.95. The fourth-order valence-electron chi connectivity index (χ4n) is 1.34. The summed E-state index contributed by atoms with van der Waals surface area (Å²) in [5.74, 6) is 0.309. The Morgan fingerprint density at radius 3 is 2.67 bits per heavy atom. The van der Waals surface area contributed by atoms with Crippen molar-refractivity contribution in [2.24, 2.45) is 0 Å². The molecule has 0 aliphatic heterocycles. The van der Waals surface area contributed by atoms with E-state index in [0.717, 1.165) is 0 Å². The number of nitriles is 2. The maximum absolute atomic E-state index is 10.7. The van der Waals surface area contributed by atoms with Gasteiger partial charge in [-0.15, -0.1) is 0 Å².